The second kappa shape index (κ2) is 9.76. The molecule has 1 aromatic carbocycles. The molecule has 8 heteroatoms. The number of hydrogen-bond acceptors (Lipinski definition) is 6. The molecular weight excluding hydrogens is 396 g/mol. The van der Waals surface area contributed by atoms with Gasteiger partial charge in [-0.15, -0.1) is 0 Å². The van der Waals surface area contributed by atoms with Crippen molar-refractivity contribution in [2.75, 3.05) is 25.0 Å². The molecule has 8 nitrogen and oxygen atoms in total. The average molecular weight is 427 g/mol. The van der Waals surface area contributed by atoms with Crippen LogP contribution < -0.4 is 10.9 Å². The summed E-state index contributed by atoms with van der Waals surface area (Å²) in [6.45, 7) is 8.72. The molecule has 1 saturated heterocycles. The van der Waals surface area contributed by atoms with E-state index in [1.54, 1.807) is 18.7 Å². The minimum absolute atomic E-state index is 0.108. The van der Waals surface area contributed by atoms with Gasteiger partial charge < -0.3 is 15.0 Å². The van der Waals surface area contributed by atoms with Gasteiger partial charge in [-0.1, -0.05) is 6.07 Å². The normalized spacial score (nSPS) is 14.4. The molecule has 0 aliphatic carbocycles. The molecule has 0 radical (unpaired) electrons. The summed E-state index contributed by atoms with van der Waals surface area (Å²) in [4.78, 5) is 43.7. The number of carbonyl (C=O) groups excluding carboxylic acids is 2. The monoisotopic (exact) mass is 426 g/mol. The summed E-state index contributed by atoms with van der Waals surface area (Å²) < 4.78 is 6.45. The third kappa shape index (κ3) is 5.71. The van der Waals surface area contributed by atoms with E-state index in [2.05, 4.69) is 16.4 Å². The smallest absolute Gasteiger partial charge is 0.309 e. The van der Waals surface area contributed by atoms with Crippen molar-refractivity contribution in [1.29, 1.82) is 0 Å². The molecule has 0 unspecified atom stereocenters. The maximum Gasteiger partial charge on any atom is 0.309 e. The van der Waals surface area contributed by atoms with E-state index in [-0.39, 0.29) is 29.9 Å². The third-order valence-corrected chi connectivity index (χ3v) is 5.38. The Balaban J connectivity index is 1.75. The number of aryl methyl sites for hydroxylation is 3. The number of amides is 1. The highest BCUT2D eigenvalue weighted by Gasteiger charge is 2.28. The lowest BCUT2D eigenvalue weighted by Gasteiger charge is -2.31. The zero-order valence-electron chi connectivity index (χ0n) is 18.6. The quantitative estimate of drug-likeness (QED) is 0.714. The highest BCUT2D eigenvalue weighted by atomic mass is 16.5. The standard InChI is InChI=1S/C23H30N4O4/c1-5-31-22(30)18-6-8-26(9-7-18)21(29)14-27-20(28)13-17(4)24-23(27)25-19-11-15(2)10-16(3)12-19/h10-13,18H,5-9,14H2,1-4H3,(H,24,25). The molecule has 31 heavy (non-hydrogen) atoms. The number of likely N-dealkylation sites (tertiary alicyclic amines) is 1. The number of hydrogen-bond donors (Lipinski definition) is 1. The summed E-state index contributed by atoms with van der Waals surface area (Å²) in [5.74, 6) is -0.202. The predicted molar refractivity (Wildman–Crippen MR) is 118 cm³/mol. The number of benzene rings is 1. The lowest BCUT2D eigenvalue weighted by Crippen LogP contribution is -2.43. The Morgan fingerprint density at radius 1 is 1.10 bits per heavy atom. The van der Waals surface area contributed by atoms with Crippen molar-refractivity contribution < 1.29 is 14.3 Å². The largest absolute Gasteiger partial charge is 0.466 e. The number of anilines is 2. The van der Waals surface area contributed by atoms with Crippen molar-refractivity contribution in [3.8, 4) is 0 Å². The summed E-state index contributed by atoms with van der Waals surface area (Å²) in [7, 11) is 0. The molecule has 1 fully saturated rings. The molecule has 1 aliphatic heterocycles. The summed E-state index contributed by atoms with van der Waals surface area (Å²) in [5, 5.41) is 3.20. The third-order valence-electron chi connectivity index (χ3n) is 5.38. The van der Waals surface area contributed by atoms with E-state index < -0.39 is 0 Å². The molecule has 2 heterocycles. The number of rotatable bonds is 6. The van der Waals surface area contributed by atoms with E-state index in [1.807, 2.05) is 26.0 Å². The van der Waals surface area contributed by atoms with E-state index in [1.165, 1.54) is 10.6 Å². The Morgan fingerprint density at radius 2 is 1.74 bits per heavy atom. The topological polar surface area (TPSA) is 93.5 Å². The number of carbonyl (C=O) groups is 2. The Labute approximate surface area is 182 Å². The van der Waals surface area contributed by atoms with E-state index in [0.717, 1.165) is 16.8 Å². The summed E-state index contributed by atoms with van der Waals surface area (Å²) in [6, 6.07) is 7.42. The van der Waals surface area contributed by atoms with Gasteiger partial charge in [0.15, 0.2) is 0 Å². The maximum atomic E-state index is 12.9. The first kappa shape index (κ1) is 22.5. The summed E-state index contributed by atoms with van der Waals surface area (Å²) >= 11 is 0. The predicted octanol–water partition coefficient (Wildman–Crippen LogP) is 2.71. The Hall–Kier alpha value is -3.16. The number of aromatic nitrogens is 2. The Bertz CT molecular complexity index is 1000. The van der Waals surface area contributed by atoms with Crippen LogP contribution in [0.1, 0.15) is 36.6 Å². The van der Waals surface area contributed by atoms with Crippen molar-refractivity contribution in [3.63, 3.8) is 0 Å². The van der Waals surface area contributed by atoms with Gasteiger partial charge in [-0.2, -0.15) is 0 Å². The van der Waals surface area contributed by atoms with Crippen LogP contribution in [-0.2, 0) is 20.9 Å². The van der Waals surface area contributed by atoms with Gasteiger partial charge in [-0.05, 0) is 63.8 Å². The van der Waals surface area contributed by atoms with Crippen LogP contribution in [0.2, 0.25) is 0 Å². The summed E-state index contributed by atoms with van der Waals surface area (Å²) in [6.07, 6.45) is 1.14. The van der Waals surface area contributed by atoms with Gasteiger partial charge in [0.25, 0.3) is 5.56 Å². The zero-order valence-corrected chi connectivity index (χ0v) is 18.6. The fourth-order valence-electron chi connectivity index (χ4n) is 3.90. The molecule has 1 N–H and O–H groups in total. The Kier molecular flexibility index (Phi) is 7.09. The van der Waals surface area contributed by atoms with Crippen LogP contribution in [-0.4, -0.2) is 46.0 Å². The molecule has 1 aromatic heterocycles. The second-order valence-electron chi connectivity index (χ2n) is 8.05. The first-order chi connectivity index (χ1) is 14.8. The summed E-state index contributed by atoms with van der Waals surface area (Å²) in [5.41, 5.74) is 3.28. The van der Waals surface area contributed by atoms with Crippen LogP contribution in [0.15, 0.2) is 29.1 Å². The van der Waals surface area contributed by atoms with Crippen LogP contribution in [0.4, 0.5) is 11.6 Å². The van der Waals surface area contributed by atoms with Crippen LogP contribution in [0.25, 0.3) is 0 Å². The molecule has 1 aliphatic rings. The van der Waals surface area contributed by atoms with Crippen molar-refractivity contribution in [2.24, 2.45) is 5.92 Å². The first-order valence-electron chi connectivity index (χ1n) is 10.6. The zero-order chi connectivity index (χ0) is 22.5. The van der Waals surface area contributed by atoms with Gasteiger partial charge in [0.05, 0.1) is 12.5 Å². The number of nitrogens with one attached hydrogen (secondary N) is 1. The first-order valence-corrected chi connectivity index (χ1v) is 10.6. The van der Waals surface area contributed by atoms with Crippen molar-refractivity contribution in [2.45, 2.75) is 47.1 Å². The van der Waals surface area contributed by atoms with E-state index >= 15 is 0 Å². The van der Waals surface area contributed by atoms with Crippen molar-refractivity contribution in [3.05, 3.63) is 51.4 Å². The maximum absolute atomic E-state index is 12.9. The molecule has 0 atom stereocenters. The number of esters is 1. The molecule has 2 aromatic rings. The van der Waals surface area contributed by atoms with Crippen molar-refractivity contribution in [1.82, 2.24) is 14.5 Å². The van der Waals surface area contributed by atoms with Gasteiger partial charge >= 0.3 is 5.97 Å². The van der Waals surface area contributed by atoms with Crippen molar-refractivity contribution >= 4 is 23.5 Å². The minimum Gasteiger partial charge on any atom is -0.466 e. The molecule has 0 bridgehead atoms. The van der Waals surface area contributed by atoms with Crippen LogP contribution in [0.3, 0.4) is 0 Å². The van der Waals surface area contributed by atoms with Crippen LogP contribution in [0.5, 0.6) is 0 Å². The lowest BCUT2D eigenvalue weighted by molar-refractivity contribution is -0.151. The SMILES string of the molecule is CCOC(=O)C1CCN(C(=O)Cn2c(Nc3cc(C)cc(C)c3)nc(C)cc2=O)CC1. The highest BCUT2D eigenvalue weighted by molar-refractivity contribution is 5.77. The molecular formula is C23H30N4O4. The van der Waals surface area contributed by atoms with Gasteiger partial charge in [-0.25, -0.2) is 4.98 Å². The van der Waals surface area contributed by atoms with E-state index in [0.29, 0.717) is 44.2 Å². The fourth-order valence-corrected chi connectivity index (χ4v) is 3.90. The molecule has 3 rings (SSSR count). The molecule has 1 amide bonds. The van der Waals surface area contributed by atoms with Gasteiger partial charge in [-0.3, -0.25) is 19.0 Å². The number of piperidine rings is 1. The van der Waals surface area contributed by atoms with Crippen LogP contribution >= 0.6 is 0 Å². The second-order valence-corrected chi connectivity index (χ2v) is 8.05. The molecule has 0 spiro atoms. The lowest BCUT2D eigenvalue weighted by atomic mass is 9.97. The van der Waals surface area contributed by atoms with Gasteiger partial charge in [0.2, 0.25) is 11.9 Å². The number of ether oxygens (including phenoxy) is 1. The van der Waals surface area contributed by atoms with Gasteiger partial charge in [0.1, 0.15) is 6.54 Å². The molecule has 0 saturated carbocycles. The average Bonchev–Trinajstić information content (AvgIpc) is 2.70. The van der Waals surface area contributed by atoms with Crippen LogP contribution in [0, 0.1) is 26.7 Å². The minimum atomic E-state index is -0.283. The van der Waals surface area contributed by atoms with E-state index in [4.69, 9.17) is 4.74 Å². The van der Waals surface area contributed by atoms with E-state index in [9.17, 15) is 14.4 Å². The highest BCUT2D eigenvalue weighted by Crippen LogP contribution is 2.20. The van der Waals surface area contributed by atoms with Gasteiger partial charge in [0, 0.05) is 30.5 Å². The Morgan fingerprint density at radius 3 is 2.35 bits per heavy atom. The molecule has 166 valence electrons. The number of nitrogens with zero attached hydrogens (tertiary/aromatic N) is 3. The fraction of sp³-hybridized carbons (Fsp3) is 0.478.